The molecule has 35 heavy (non-hydrogen) atoms. The average Bonchev–Trinajstić information content (AvgIpc) is 2.89. The Balaban J connectivity index is 1.46. The first-order chi connectivity index (χ1) is 16.9. The third-order valence-electron chi connectivity index (χ3n) is 6.39. The number of hydrogen-bond acceptors (Lipinski definition) is 4. The summed E-state index contributed by atoms with van der Waals surface area (Å²) >= 11 is 0. The third kappa shape index (κ3) is 6.78. The molecular formula is C28H33N3O3S. The van der Waals surface area contributed by atoms with Gasteiger partial charge in [-0.15, -0.1) is 0 Å². The Kier molecular flexibility index (Phi) is 8.33. The highest BCUT2D eigenvalue weighted by Crippen LogP contribution is 2.17. The minimum Gasteiger partial charge on any atom is -0.330 e. The van der Waals surface area contributed by atoms with Crippen LogP contribution in [-0.2, 0) is 29.7 Å². The van der Waals surface area contributed by atoms with Crippen LogP contribution in [0.1, 0.15) is 34.0 Å². The number of carbonyl (C=O) groups excluding carboxylic acids is 1. The van der Waals surface area contributed by atoms with E-state index in [1.54, 1.807) is 11.2 Å². The Morgan fingerprint density at radius 1 is 0.771 bits per heavy atom. The van der Waals surface area contributed by atoms with E-state index in [0.717, 1.165) is 16.7 Å². The fraction of sp³-hybridized carbons (Fsp3) is 0.321. The molecule has 0 spiro atoms. The van der Waals surface area contributed by atoms with Gasteiger partial charge in [-0.1, -0.05) is 72.8 Å². The van der Waals surface area contributed by atoms with Gasteiger partial charge in [-0.2, -0.15) is 4.31 Å². The Morgan fingerprint density at radius 3 is 1.86 bits per heavy atom. The van der Waals surface area contributed by atoms with Gasteiger partial charge in [0.2, 0.25) is 10.0 Å². The molecule has 0 aliphatic carbocycles. The van der Waals surface area contributed by atoms with Crippen LogP contribution < -0.4 is 0 Å². The molecule has 0 aromatic heterocycles. The smallest absolute Gasteiger partial charge is 0.254 e. The van der Waals surface area contributed by atoms with Crippen molar-refractivity contribution in [2.75, 3.05) is 31.9 Å². The van der Waals surface area contributed by atoms with Crippen LogP contribution >= 0.6 is 0 Å². The number of sulfonamides is 1. The SMILES string of the molecule is CCS(=O)(=O)N1CCN(Cc2cccc(C(=O)N(Cc3ccccc3)Cc3ccccc3)c2)CC1. The van der Waals surface area contributed by atoms with E-state index < -0.39 is 10.0 Å². The van der Waals surface area contributed by atoms with E-state index in [2.05, 4.69) is 4.90 Å². The highest BCUT2D eigenvalue weighted by molar-refractivity contribution is 7.89. The fourth-order valence-corrected chi connectivity index (χ4v) is 5.48. The van der Waals surface area contributed by atoms with E-state index in [0.29, 0.717) is 51.4 Å². The van der Waals surface area contributed by atoms with Gasteiger partial charge in [-0.05, 0) is 35.7 Å². The van der Waals surface area contributed by atoms with Crippen LogP contribution in [0.15, 0.2) is 84.9 Å². The second kappa shape index (κ2) is 11.6. The zero-order valence-electron chi connectivity index (χ0n) is 20.2. The van der Waals surface area contributed by atoms with E-state index in [4.69, 9.17) is 0 Å². The lowest BCUT2D eigenvalue weighted by atomic mass is 10.1. The first-order valence-electron chi connectivity index (χ1n) is 12.1. The second-order valence-corrected chi connectivity index (χ2v) is 11.2. The molecule has 0 saturated carbocycles. The molecule has 0 atom stereocenters. The predicted molar refractivity (Wildman–Crippen MR) is 139 cm³/mol. The standard InChI is InChI=1S/C28H33N3O3S/c1-2-35(33,34)31-18-16-29(17-19-31)21-26-14-9-15-27(20-26)28(32)30(22-24-10-5-3-6-11-24)23-25-12-7-4-8-13-25/h3-15,20H,2,16-19,21-23H2,1H3. The molecule has 0 unspecified atom stereocenters. The molecular weight excluding hydrogens is 458 g/mol. The summed E-state index contributed by atoms with van der Waals surface area (Å²) in [6.07, 6.45) is 0. The van der Waals surface area contributed by atoms with Crippen molar-refractivity contribution < 1.29 is 13.2 Å². The molecule has 0 radical (unpaired) electrons. The third-order valence-corrected chi connectivity index (χ3v) is 8.27. The molecule has 1 amide bonds. The van der Waals surface area contributed by atoms with Crippen molar-refractivity contribution in [3.05, 3.63) is 107 Å². The van der Waals surface area contributed by atoms with E-state index in [1.165, 1.54) is 0 Å². The number of nitrogens with zero attached hydrogens (tertiary/aromatic N) is 3. The van der Waals surface area contributed by atoms with Gasteiger partial charge in [0.25, 0.3) is 5.91 Å². The molecule has 184 valence electrons. The highest BCUT2D eigenvalue weighted by Gasteiger charge is 2.25. The lowest BCUT2D eigenvalue weighted by molar-refractivity contribution is 0.0729. The molecule has 1 aliphatic rings. The fourth-order valence-electron chi connectivity index (χ4n) is 4.40. The maximum atomic E-state index is 13.6. The van der Waals surface area contributed by atoms with E-state index in [-0.39, 0.29) is 11.7 Å². The zero-order chi connectivity index (χ0) is 24.7. The zero-order valence-corrected chi connectivity index (χ0v) is 21.0. The van der Waals surface area contributed by atoms with Gasteiger partial charge >= 0.3 is 0 Å². The summed E-state index contributed by atoms with van der Waals surface area (Å²) in [4.78, 5) is 17.8. The Bertz CT molecular complexity index is 1170. The first-order valence-corrected chi connectivity index (χ1v) is 13.7. The molecule has 4 rings (SSSR count). The number of benzene rings is 3. The van der Waals surface area contributed by atoms with Crippen LogP contribution in [0.3, 0.4) is 0 Å². The Morgan fingerprint density at radius 2 is 1.31 bits per heavy atom. The van der Waals surface area contributed by atoms with Gasteiger partial charge in [-0.25, -0.2) is 8.42 Å². The number of rotatable bonds is 9. The highest BCUT2D eigenvalue weighted by atomic mass is 32.2. The van der Waals surface area contributed by atoms with Crippen molar-refractivity contribution in [2.24, 2.45) is 0 Å². The van der Waals surface area contributed by atoms with Crippen LogP contribution in [0.4, 0.5) is 0 Å². The minimum absolute atomic E-state index is 0.00147. The van der Waals surface area contributed by atoms with Gasteiger partial charge in [0.15, 0.2) is 0 Å². The topological polar surface area (TPSA) is 60.9 Å². The summed E-state index contributed by atoms with van der Waals surface area (Å²) < 4.78 is 25.8. The summed E-state index contributed by atoms with van der Waals surface area (Å²) in [7, 11) is -3.14. The molecule has 1 saturated heterocycles. The molecule has 1 fully saturated rings. The maximum Gasteiger partial charge on any atom is 0.254 e. The summed E-state index contributed by atoms with van der Waals surface area (Å²) in [6, 6.07) is 27.9. The van der Waals surface area contributed by atoms with Gasteiger partial charge in [0, 0.05) is 51.4 Å². The summed E-state index contributed by atoms with van der Waals surface area (Å²) in [6.45, 7) is 5.84. The number of carbonyl (C=O) groups is 1. The first kappa shape index (κ1) is 25.1. The van der Waals surface area contributed by atoms with Crippen LogP contribution in [0.25, 0.3) is 0 Å². The van der Waals surface area contributed by atoms with Crippen LogP contribution in [0.5, 0.6) is 0 Å². The summed E-state index contributed by atoms with van der Waals surface area (Å²) in [5.74, 6) is 0.137. The van der Waals surface area contributed by atoms with Crippen molar-refractivity contribution in [3.63, 3.8) is 0 Å². The lowest BCUT2D eigenvalue weighted by Gasteiger charge is -2.33. The molecule has 0 bridgehead atoms. The van der Waals surface area contributed by atoms with Crippen molar-refractivity contribution in [3.8, 4) is 0 Å². The van der Waals surface area contributed by atoms with Crippen LogP contribution in [-0.4, -0.2) is 60.4 Å². The van der Waals surface area contributed by atoms with Gasteiger partial charge in [-0.3, -0.25) is 9.69 Å². The largest absolute Gasteiger partial charge is 0.330 e. The normalized spacial score (nSPS) is 15.1. The number of piperazine rings is 1. The van der Waals surface area contributed by atoms with Crippen molar-refractivity contribution in [1.29, 1.82) is 0 Å². The molecule has 1 aliphatic heterocycles. The summed E-state index contributed by atoms with van der Waals surface area (Å²) in [5, 5.41) is 0. The van der Waals surface area contributed by atoms with Crippen molar-refractivity contribution in [2.45, 2.75) is 26.6 Å². The quantitative estimate of drug-likeness (QED) is 0.454. The lowest BCUT2D eigenvalue weighted by Crippen LogP contribution is -2.48. The van der Waals surface area contributed by atoms with E-state index in [9.17, 15) is 13.2 Å². The average molecular weight is 492 g/mol. The summed E-state index contributed by atoms with van der Waals surface area (Å²) in [5.41, 5.74) is 3.91. The van der Waals surface area contributed by atoms with Gasteiger partial charge in [0.05, 0.1) is 5.75 Å². The maximum absolute atomic E-state index is 13.6. The van der Waals surface area contributed by atoms with Gasteiger partial charge < -0.3 is 4.90 Å². The molecule has 1 heterocycles. The van der Waals surface area contributed by atoms with E-state index in [1.807, 2.05) is 89.8 Å². The van der Waals surface area contributed by atoms with Gasteiger partial charge in [0.1, 0.15) is 0 Å². The number of hydrogen-bond donors (Lipinski definition) is 0. The van der Waals surface area contributed by atoms with Crippen LogP contribution in [0, 0.1) is 0 Å². The minimum atomic E-state index is -3.14. The second-order valence-electron chi connectivity index (χ2n) is 8.91. The molecule has 3 aromatic carbocycles. The van der Waals surface area contributed by atoms with Crippen LogP contribution in [0.2, 0.25) is 0 Å². The molecule has 7 heteroatoms. The van der Waals surface area contributed by atoms with E-state index >= 15 is 0 Å². The predicted octanol–water partition coefficient (Wildman–Crippen LogP) is 4.00. The number of amides is 1. The van der Waals surface area contributed by atoms with Crippen molar-refractivity contribution in [1.82, 2.24) is 14.1 Å². The molecule has 0 N–H and O–H groups in total. The Hall–Kier alpha value is -3.00. The van der Waals surface area contributed by atoms with Crippen molar-refractivity contribution >= 4 is 15.9 Å². The molecule has 3 aromatic rings. The monoisotopic (exact) mass is 491 g/mol. The Labute approximate surface area is 208 Å². The molecule has 6 nitrogen and oxygen atoms in total.